The Hall–Kier alpha value is -0.980. The number of halogens is 2. The number of hydrogen-bond donors (Lipinski definition) is 1. The summed E-state index contributed by atoms with van der Waals surface area (Å²) in [6.45, 7) is 0. The van der Waals surface area contributed by atoms with E-state index in [1.807, 2.05) is 48.5 Å². The summed E-state index contributed by atoms with van der Waals surface area (Å²) in [5.74, 6) is -0.245. The predicted molar refractivity (Wildman–Crippen MR) is 97.2 cm³/mol. The van der Waals surface area contributed by atoms with E-state index >= 15 is 0 Å². The Bertz CT molecular complexity index is 626. The maximum absolute atomic E-state index is 12.7. The van der Waals surface area contributed by atoms with Gasteiger partial charge in [0.05, 0.1) is 5.25 Å². The molecule has 2 aromatic carbocycles. The van der Waals surface area contributed by atoms with E-state index in [2.05, 4.69) is 37.2 Å². The first kappa shape index (κ1) is 17.4. The molecule has 0 aliphatic carbocycles. The van der Waals surface area contributed by atoms with Gasteiger partial charge >= 0.3 is 0 Å². The number of nitrogens with one attached hydrogen (secondary N) is 1. The maximum Gasteiger partial charge on any atom is 0.232 e. The Labute approximate surface area is 149 Å². The molecular weight excluding hydrogens is 430 g/mol. The molecule has 1 N–H and O–H groups in total. The van der Waals surface area contributed by atoms with Crippen LogP contribution in [0.25, 0.3) is 0 Å². The zero-order valence-corrected chi connectivity index (χ0v) is 15.9. The number of amides is 1. The highest BCUT2D eigenvalue weighted by Crippen LogP contribution is 2.30. The van der Waals surface area contributed by atoms with Gasteiger partial charge in [-0.05, 0) is 35.4 Å². The molecule has 116 valence electrons. The highest BCUT2D eigenvalue weighted by Gasteiger charge is 2.23. The van der Waals surface area contributed by atoms with Crippen LogP contribution in [0, 0.1) is 0 Å². The molecule has 0 saturated heterocycles. The fourth-order valence-corrected chi connectivity index (χ4v) is 4.08. The normalized spacial score (nSPS) is 12.2. The molecule has 22 heavy (non-hydrogen) atoms. The van der Waals surface area contributed by atoms with E-state index in [9.17, 15) is 9.00 Å². The summed E-state index contributed by atoms with van der Waals surface area (Å²) in [5, 5.41) is 2.19. The summed E-state index contributed by atoms with van der Waals surface area (Å²) >= 11 is 6.81. The smallest absolute Gasteiger partial charge is 0.232 e. The molecule has 2 aromatic rings. The van der Waals surface area contributed by atoms with E-state index in [1.165, 1.54) is 0 Å². The molecule has 0 aliphatic rings. The summed E-state index contributed by atoms with van der Waals surface area (Å²) in [6.07, 6.45) is 0. The molecule has 2 rings (SSSR count). The molecular formula is C16H15Br2NO2S. The third kappa shape index (κ3) is 4.51. The molecule has 0 aliphatic heterocycles. The SMILES string of the molecule is CNC(=O)CS(=O)C(c1ccc(Br)cc1)c1ccc(Br)cc1. The molecule has 3 nitrogen and oxygen atoms in total. The molecule has 1 amide bonds. The highest BCUT2D eigenvalue weighted by atomic mass is 79.9. The molecule has 0 aromatic heterocycles. The Morgan fingerprint density at radius 2 is 1.41 bits per heavy atom. The zero-order chi connectivity index (χ0) is 16.1. The van der Waals surface area contributed by atoms with Crippen molar-refractivity contribution in [2.24, 2.45) is 0 Å². The van der Waals surface area contributed by atoms with Crippen LogP contribution in [0.3, 0.4) is 0 Å². The van der Waals surface area contributed by atoms with Gasteiger partial charge in [0, 0.05) is 26.8 Å². The van der Waals surface area contributed by atoms with Gasteiger partial charge in [0.15, 0.2) is 0 Å². The van der Waals surface area contributed by atoms with Crippen LogP contribution in [0.2, 0.25) is 0 Å². The van der Waals surface area contributed by atoms with Crippen LogP contribution in [0.5, 0.6) is 0 Å². The van der Waals surface area contributed by atoms with Gasteiger partial charge in [-0.2, -0.15) is 0 Å². The third-order valence-corrected chi connectivity index (χ3v) is 5.83. The van der Waals surface area contributed by atoms with E-state index in [0.29, 0.717) is 0 Å². The van der Waals surface area contributed by atoms with E-state index in [0.717, 1.165) is 20.1 Å². The fraction of sp³-hybridized carbons (Fsp3) is 0.188. The molecule has 0 heterocycles. The number of benzene rings is 2. The van der Waals surface area contributed by atoms with Crippen molar-refractivity contribution >= 4 is 48.6 Å². The first-order chi connectivity index (χ1) is 10.5. The van der Waals surface area contributed by atoms with Crippen LogP contribution in [-0.4, -0.2) is 22.9 Å². The van der Waals surface area contributed by atoms with Crippen LogP contribution in [-0.2, 0) is 15.6 Å². The molecule has 0 fully saturated rings. The van der Waals surface area contributed by atoms with Crippen molar-refractivity contribution in [2.75, 3.05) is 12.8 Å². The molecule has 1 atom stereocenters. The van der Waals surface area contributed by atoms with Gasteiger partial charge in [-0.1, -0.05) is 56.1 Å². The van der Waals surface area contributed by atoms with Crippen molar-refractivity contribution in [1.82, 2.24) is 5.32 Å². The average molecular weight is 445 g/mol. The second-order valence-corrected chi connectivity index (χ2v) is 8.03. The molecule has 0 radical (unpaired) electrons. The highest BCUT2D eigenvalue weighted by molar-refractivity contribution is 9.10. The minimum absolute atomic E-state index is 0.0205. The van der Waals surface area contributed by atoms with Crippen LogP contribution in [0.1, 0.15) is 16.4 Å². The van der Waals surface area contributed by atoms with Crippen molar-refractivity contribution < 1.29 is 9.00 Å². The Balaban J connectivity index is 2.39. The predicted octanol–water partition coefficient (Wildman–Crippen LogP) is 3.80. The van der Waals surface area contributed by atoms with Gasteiger partial charge in [-0.15, -0.1) is 0 Å². The Kier molecular flexibility index (Phi) is 6.35. The van der Waals surface area contributed by atoms with E-state index < -0.39 is 10.8 Å². The standard InChI is InChI=1S/C16H15Br2NO2S/c1-19-15(20)10-22(21)16(11-2-6-13(17)7-3-11)12-4-8-14(18)9-5-12/h2-9,16H,10H2,1H3,(H,19,20). The Morgan fingerprint density at radius 1 is 1.00 bits per heavy atom. The number of carbonyl (C=O) groups is 1. The lowest BCUT2D eigenvalue weighted by Gasteiger charge is -2.17. The number of rotatable bonds is 5. The summed E-state index contributed by atoms with van der Waals surface area (Å²) in [6, 6.07) is 15.4. The van der Waals surface area contributed by atoms with Crippen molar-refractivity contribution in [3.8, 4) is 0 Å². The van der Waals surface area contributed by atoms with Crippen molar-refractivity contribution in [2.45, 2.75) is 5.25 Å². The second kappa shape index (κ2) is 8.04. The minimum Gasteiger partial charge on any atom is -0.358 e. The quantitative estimate of drug-likeness (QED) is 0.762. The second-order valence-electron chi connectivity index (χ2n) is 4.68. The zero-order valence-electron chi connectivity index (χ0n) is 11.9. The minimum atomic E-state index is -1.35. The molecule has 1 unspecified atom stereocenters. The lowest BCUT2D eigenvalue weighted by atomic mass is 10.0. The van der Waals surface area contributed by atoms with Crippen LogP contribution >= 0.6 is 31.9 Å². The summed E-state index contributed by atoms with van der Waals surface area (Å²) in [4.78, 5) is 11.6. The van der Waals surface area contributed by atoms with Gasteiger partial charge < -0.3 is 5.32 Å². The average Bonchev–Trinajstić information content (AvgIpc) is 2.51. The lowest BCUT2D eigenvalue weighted by Crippen LogP contribution is -2.26. The van der Waals surface area contributed by atoms with Gasteiger partial charge in [0.25, 0.3) is 0 Å². The number of hydrogen-bond acceptors (Lipinski definition) is 2. The van der Waals surface area contributed by atoms with Crippen molar-refractivity contribution in [3.63, 3.8) is 0 Å². The van der Waals surface area contributed by atoms with E-state index in [4.69, 9.17) is 0 Å². The number of carbonyl (C=O) groups excluding carboxylic acids is 1. The lowest BCUT2D eigenvalue weighted by molar-refractivity contribution is -0.118. The van der Waals surface area contributed by atoms with Crippen LogP contribution in [0.15, 0.2) is 57.5 Å². The van der Waals surface area contributed by atoms with Crippen LogP contribution < -0.4 is 5.32 Å². The van der Waals surface area contributed by atoms with Crippen molar-refractivity contribution in [1.29, 1.82) is 0 Å². The van der Waals surface area contributed by atoms with Gasteiger partial charge in [-0.3, -0.25) is 9.00 Å². The van der Waals surface area contributed by atoms with E-state index in [-0.39, 0.29) is 16.9 Å². The third-order valence-electron chi connectivity index (χ3n) is 3.16. The first-order valence-electron chi connectivity index (χ1n) is 6.60. The maximum atomic E-state index is 12.7. The molecule has 0 saturated carbocycles. The monoisotopic (exact) mass is 443 g/mol. The molecule has 0 bridgehead atoms. The molecule has 6 heteroatoms. The van der Waals surface area contributed by atoms with Gasteiger partial charge in [-0.25, -0.2) is 0 Å². The van der Waals surface area contributed by atoms with Gasteiger partial charge in [0.2, 0.25) is 5.91 Å². The topological polar surface area (TPSA) is 46.2 Å². The first-order valence-corrected chi connectivity index (χ1v) is 9.56. The summed E-state index contributed by atoms with van der Waals surface area (Å²) < 4.78 is 14.6. The molecule has 0 spiro atoms. The fourth-order valence-electron chi connectivity index (χ4n) is 2.06. The van der Waals surface area contributed by atoms with Crippen molar-refractivity contribution in [3.05, 3.63) is 68.6 Å². The van der Waals surface area contributed by atoms with Crippen LogP contribution in [0.4, 0.5) is 0 Å². The summed E-state index contributed by atoms with van der Waals surface area (Å²) in [7, 11) is 0.204. The van der Waals surface area contributed by atoms with Gasteiger partial charge in [0.1, 0.15) is 5.75 Å². The Morgan fingerprint density at radius 3 is 1.77 bits per heavy atom. The van der Waals surface area contributed by atoms with E-state index in [1.54, 1.807) is 7.05 Å². The largest absolute Gasteiger partial charge is 0.358 e. The summed E-state index contributed by atoms with van der Waals surface area (Å²) in [5.41, 5.74) is 1.85.